The Hall–Kier alpha value is -1.89. The molecule has 0 aliphatic heterocycles. The maximum Gasteiger partial charge on any atom is 0.318 e. The fraction of sp³-hybridized carbons (Fsp3) is 0.533. The van der Waals surface area contributed by atoms with E-state index in [2.05, 4.69) is 15.5 Å². The largest absolute Gasteiger partial charge is 0.361 e. The van der Waals surface area contributed by atoms with Crippen LogP contribution in [0.5, 0.6) is 0 Å². The zero-order valence-corrected chi connectivity index (χ0v) is 13.8. The summed E-state index contributed by atoms with van der Waals surface area (Å²) in [4.78, 5) is 18.5. The minimum absolute atomic E-state index is 0.0274. The molecule has 2 aromatic rings. The third kappa shape index (κ3) is 3.14. The Bertz CT molecular complexity index is 629. The van der Waals surface area contributed by atoms with Crippen LogP contribution in [0, 0.1) is 19.8 Å². The molecule has 1 N–H and O–H groups in total. The van der Waals surface area contributed by atoms with Crippen LogP contribution in [0.2, 0.25) is 0 Å². The van der Waals surface area contributed by atoms with E-state index in [0.29, 0.717) is 12.5 Å². The van der Waals surface area contributed by atoms with Crippen molar-refractivity contribution in [1.29, 1.82) is 0 Å². The van der Waals surface area contributed by atoms with E-state index >= 15 is 0 Å². The van der Waals surface area contributed by atoms with Crippen LogP contribution in [0.4, 0.5) is 4.79 Å². The van der Waals surface area contributed by atoms with E-state index in [0.717, 1.165) is 34.9 Å². The molecule has 22 heavy (non-hydrogen) atoms. The highest BCUT2D eigenvalue weighted by molar-refractivity contribution is 7.09. The predicted molar refractivity (Wildman–Crippen MR) is 83.6 cm³/mol. The average Bonchev–Trinajstić information content (AvgIpc) is 3.11. The van der Waals surface area contributed by atoms with E-state index in [1.54, 1.807) is 29.5 Å². The molecule has 118 valence electrons. The summed E-state index contributed by atoms with van der Waals surface area (Å²) in [6.45, 7) is 4.24. The monoisotopic (exact) mass is 320 g/mol. The smallest absolute Gasteiger partial charge is 0.318 e. The van der Waals surface area contributed by atoms with Crippen molar-refractivity contribution in [3.63, 3.8) is 0 Å². The fourth-order valence-corrected chi connectivity index (χ4v) is 3.26. The number of hydrogen-bond donors (Lipinski definition) is 1. The molecule has 1 aliphatic carbocycles. The summed E-state index contributed by atoms with van der Waals surface area (Å²) in [5.41, 5.74) is 1.80. The lowest BCUT2D eigenvalue weighted by Crippen LogP contribution is -2.39. The Balaban J connectivity index is 1.65. The highest BCUT2D eigenvalue weighted by atomic mass is 32.1. The zero-order chi connectivity index (χ0) is 15.7. The Morgan fingerprint density at radius 1 is 1.55 bits per heavy atom. The summed E-state index contributed by atoms with van der Waals surface area (Å²) in [6.07, 6.45) is 4.09. The molecule has 0 unspecified atom stereocenters. The second kappa shape index (κ2) is 6.08. The van der Waals surface area contributed by atoms with Gasteiger partial charge in [0, 0.05) is 24.2 Å². The van der Waals surface area contributed by atoms with E-state index < -0.39 is 0 Å². The van der Waals surface area contributed by atoms with Crippen LogP contribution in [-0.4, -0.2) is 28.1 Å². The van der Waals surface area contributed by atoms with Gasteiger partial charge >= 0.3 is 6.03 Å². The number of nitrogens with zero attached hydrogens (tertiary/aromatic N) is 3. The average molecular weight is 320 g/mol. The van der Waals surface area contributed by atoms with Crippen LogP contribution in [0.25, 0.3) is 0 Å². The van der Waals surface area contributed by atoms with Gasteiger partial charge in [0.05, 0.1) is 18.3 Å². The van der Waals surface area contributed by atoms with E-state index in [1.807, 2.05) is 19.2 Å². The minimum atomic E-state index is -0.0906. The third-order valence-corrected chi connectivity index (χ3v) is 4.87. The lowest BCUT2D eigenvalue weighted by atomic mass is 10.2. The molecule has 2 heterocycles. The Kier molecular flexibility index (Phi) is 4.15. The van der Waals surface area contributed by atoms with Crippen molar-refractivity contribution in [2.24, 2.45) is 5.92 Å². The molecule has 0 bridgehead atoms. The molecule has 2 amide bonds. The maximum absolute atomic E-state index is 12.5. The third-order valence-electron chi connectivity index (χ3n) is 4.01. The SMILES string of the molecule is Cc1noc(C)c1CN(C)C(=O)N[C@@H](c1nccs1)C1CC1. The first-order chi connectivity index (χ1) is 10.6. The van der Waals surface area contributed by atoms with Gasteiger partial charge in [0.15, 0.2) is 0 Å². The summed E-state index contributed by atoms with van der Waals surface area (Å²) in [6, 6.07) is -0.0632. The number of carbonyl (C=O) groups excluding carboxylic acids is 1. The molecule has 0 saturated heterocycles. The normalized spacial score (nSPS) is 15.6. The van der Waals surface area contributed by atoms with Crippen molar-refractivity contribution in [1.82, 2.24) is 20.4 Å². The van der Waals surface area contributed by atoms with Crippen LogP contribution in [0.1, 0.15) is 40.9 Å². The van der Waals surface area contributed by atoms with Gasteiger partial charge < -0.3 is 14.7 Å². The van der Waals surface area contributed by atoms with Gasteiger partial charge in [-0.05, 0) is 32.6 Å². The van der Waals surface area contributed by atoms with Crippen LogP contribution in [0.15, 0.2) is 16.1 Å². The molecule has 3 rings (SSSR count). The minimum Gasteiger partial charge on any atom is -0.361 e. The van der Waals surface area contributed by atoms with Crippen LogP contribution < -0.4 is 5.32 Å². The van der Waals surface area contributed by atoms with Gasteiger partial charge in [0.25, 0.3) is 0 Å². The number of aryl methyl sites for hydroxylation is 2. The lowest BCUT2D eigenvalue weighted by Gasteiger charge is -2.22. The van der Waals surface area contributed by atoms with Gasteiger partial charge in [-0.3, -0.25) is 0 Å². The van der Waals surface area contributed by atoms with E-state index in [9.17, 15) is 4.79 Å². The first kappa shape index (κ1) is 15.0. The van der Waals surface area contributed by atoms with Gasteiger partial charge in [0.2, 0.25) is 0 Å². The molecule has 0 aromatic carbocycles. The summed E-state index contributed by atoms with van der Waals surface area (Å²) >= 11 is 1.59. The molecule has 2 aromatic heterocycles. The number of aromatic nitrogens is 2. The molecule has 1 saturated carbocycles. The second-order valence-corrected chi connectivity index (χ2v) is 6.72. The van der Waals surface area contributed by atoms with Crippen molar-refractivity contribution < 1.29 is 9.32 Å². The first-order valence-electron chi connectivity index (χ1n) is 7.39. The summed E-state index contributed by atoms with van der Waals surface area (Å²) in [5, 5.41) is 9.98. The van der Waals surface area contributed by atoms with Gasteiger partial charge in [0.1, 0.15) is 10.8 Å². The molecular weight excluding hydrogens is 300 g/mol. The Morgan fingerprint density at radius 2 is 2.32 bits per heavy atom. The van der Waals surface area contributed by atoms with E-state index in [-0.39, 0.29) is 12.1 Å². The molecule has 6 nitrogen and oxygen atoms in total. The van der Waals surface area contributed by atoms with E-state index in [4.69, 9.17) is 4.52 Å². The van der Waals surface area contributed by atoms with Gasteiger partial charge in [-0.2, -0.15) is 0 Å². The van der Waals surface area contributed by atoms with Crippen LogP contribution >= 0.6 is 11.3 Å². The number of rotatable bonds is 5. The highest BCUT2D eigenvalue weighted by Gasteiger charge is 2.35. The summed E-state index contributed by atoms with van der Waals surface area (Å²) in [7, 11) is 1.78. The zero-order valence-electron chi connectivity index (χ0n) is 13.0. The first-order valence-corrected chi connectivity index (χ1v) is 8.27. The molecule has 7 heteroatoms. The number of nitrogens with one attached hydrogen (secondary N) is 1. The van der Waals surface area contributed by atoms with Gasteiger partial charge in [-0.1, -0.05) is 5.16 Å². The molecule has 0 spiro atoms. The standard InChI is InChI=1S/C15H20N4O2S/c1-9-12(10(2)21-18-9)8-19(3)15(20)17-13(11-4-5-11)14-16-6-7-22-14/h6-7,11,13H,4-5,8H2,1-3H3,(H,17,20)/t13-/m1/s1. The molecule has 1 atom stereocenters. The number of hydrogen-bond acceptors (Lipinski definition) is 5. The molecule has 1 fully saturated rings. The quantitative estimate of drug-likeness (QED) is 0.919. The summed E-state index contributed by atoms with van der Waals surface area (Å²) in [5.74, 6) is 1.28. The lowest BCUT2D eigenvalue weighted by molar-refractivity contribution is 0.200. The highest BCUT2D eigenvalue weighted by Crippen LogP contribution is 2.41. The van der Waals surface area contributed by atoms with Crippen molar-refractivity contribution >= 4 is 17.4 Å². The predicted octanol–water partition coefficient (Wildman–Crippen LogP) is 3.04. The van der Waals surface area contributed by atoms with E-state index in [1.165, 1.54) is 0 Å². The number of amides is 2. The van der Waals surface area contributed by atoms with Crippen molar-refractivity contribution in [3.05, 3.63) is 33.6 Å². The number of carbonyl (C=O) groups is 1. The van der Waals surface area contributed by atoms with Gasteiger partial charge in [-0.25, -0.2) is 9.78 Å². The molecule has 0 radical (unpaired) electrons. The Morgan fingerprint density at radius 3 is 2.86 bits per heavy atom. The Labute approximate surface area is 133 Å². The van der Waals surface area contributed by atoms with Crippen LogP contribution in [0.3, 0.4) is 0 Å². The van der Waals surface area contributed by atoms with Gasteiger partial charge in [-0.15, -0.1) is 11.3 Å². The van der Waals surface area contributed by atoms with Crippen molar-refractivity contribution in [2.45, 2.75) is 39.3 Å². The number of thiazole rings is 1. The summed E-state index contributed by atoms with van der Waals surface area (Å²) < 4.78 is 5.15. The number of urea groups is 1. The maximum atomic E-state index is 12.5. The fourth-order valence-electron chi connectivity index (χ4n) is 2.48. The van der Waals surface area contributed by atoms with Crippen LogP contribution in [-0.2, 0) is 6.54 Å². The molecule has 1 aliphatic rings. The topological polar surface area (TPSA) is 71.3 Å². The van der Waals surface area contributed by atoms with Crippen molar-refractivity contribution in [3.8, 4) is 0 Å². The van der Waals surface area contributed by atoms with Crippen molar-refractivity contribution in [2.75, 3.05) is 7.05 Å². The second-order valence-electron chi connectivity index (χ2n) is 5.79. The molecular formula is C15H20N4O2S.